The molecular weight excluding hydrogens is 386 g/mol. The highest BCUT2D eigenvalue weighted by Gasteiger charge is 2.31. The molecule has 27 heavy (non-hydrogen) atoms. The topological polar surface area (TPSA) is 80.8 Å². The van der Waals surface area contributed by atoms with Crippen LogP contribution < -0.4 is 4.90 Å². The number of carbonyl (C=O) groups excluding carboxylic acids is 2. The van der Waals surface area contributed by atoms with E-state index in [9.17, 15) is 18.0 Å². The van der Waals surface area contributed by atoms with Crippen LogP contribution in [-0.2, 0) is 25.9 Å². The molecule has 2 aromatic rings. The predicted octanol–water partition coefficient (Wildman–Crippen LogP) is 2.90. The second-order valence-electron chi connectivity index (χ2n) is 6.28. The standard InChI is InChI=1S/C19H19NO5S2/c1-12-18(21)20(11-13-5-4-6-14(9-13)19(22)25-2)16-10-15(27(3,23)24)7-8-17(16)26-12/h4-10,12H,11H2,1-3H3. The van der Waals surface area contributed by atoms with Gasteiger partial charge in [-0.2, -0.15) is 0 Å². The smallest absolute Gasteiger partial charge is 0.337 e. The molecule has 0 aliphatic carbocycles. The number of thioether (sulfide) groups is 1. The summed E-state index contributed by atoms with van der Waals surface area (Å²) in [5.41, 5.74) is 1.71. The molecule has 1 heterocycles. The first-order valence-corrected chi connectivity index (χ1v) is 11.0. The van der Waals surface area contributed by atoms with Crippen LogP contribution in [0.25, 0.3) is 0 Å². The maximum Gasteiger partial charge on any atom is 0.337 e. The molecule has 1 atom stereocenters. The van der Waals surface area contributed by atoms with Crippen LogP contribution in [0.15, 0.2) is 52.3 Å². The summed E-state index contributed by atoms with van der Waals surface area (Å²) < 4.78 is 28.6. The van der Waals surface area contributed by atoms with Gasteiger partial charge in [0.2, 0.25) is 5.91 Å². The molecule has 6 nitrogen and oxygen atoms in total. The van der Waals surface area contributed by atoms with Crippen molar-refractivity contribution in [3.05, 3.63) is 53.6 Å². The Morgan fingerprint density at radius 1 is 1.22 bits per heavy atom. The Kier molecular flexibility index (Phi) is 5.30. The van der Waals surface area contributed by atoms with E-state index in [2.05, 4.69) is 0 Å². The molecule has 0 N–H and O–H groups in total. The average molecular weight is 405 g/mol. The Balaban J connectivity index is 2.03. The molecule has 0 bridgehead atoms. The van der Waals surface area contributed by atoms with Crippen molar-refractivity contribution >= 4 is 39.2 Å². The summed E-state index contributed by atoms with van der Waals surface area (Å²) in [6.45, 7) is 2.05. The van der Waals surface area contributed by atoms with E-state index in [1.807, 2.05) is 13.0 Å². The third-order valence-corrected chi connectivity index (χ3v) is 6.52. The van der Waals surface area contributed by atoms with Crippen molar-refractivity contribution in [2.24, 2.45) is 0 Å². The Morgan fingerprint density at radius 2 is 1.96 bits per heavy atom. The zero-order valence-electron chi connectivity index (χ0n) is 15.1. The molecule has 0 fully saturated rings. The van der Waals surface area contributed by atoms with Gasteiger partial charge in [0.05, 0.1) is 35.1 Å². The summed E-state index contributed by atoms with van der Waals surface area (Å²) >= 11 is 1.41. The largest absolute Gasteiger partial charge is 0.465 e. The minimum atomic E-state index is -3.39. The van der Waals surface area contributed by atoms with Crippen molar-refractivity contribution in [3.8, 4) is 0 Å². The van der Waals surface area contributed by atoms with E-state index in [1.165, 1.54) is 24.9 Å². The van der Waals surface area contributed by atoms with Crippen LogP contribution in [0, 0.1) is 0 Å². The summed E-state index contributed by atoms with van der Waals surface area (Å²) in [5, 5.41) is -0.287. The third-order valence-electron chi connectivity index (χ3n) is 4.26. The van der Waals surface area contributed by atoms with E-state index in [1.54, 1.807) is 35.2 Å². The predicted molar refractivity (Wildman–Crippen MR) is 104 cm³/mol. The fourth-order valence-electron chi connectivity index (χ4n) is 2.88. The van der Waals surface area contributed by atoms with Gasteiger partial charge >= 0.3 is 5.97 Å². The lowest BCUT2D eigenvalue weighted by Gasteiger charge is -2.32. The second kappa shape index (κ2) is 7.36. The van der Waals surface area contributed by atoms with E-state index in [0.29, 0.717) is 11.3 Å². The van der Waals surface area contributed by atoms with E-state index in [4.69, 9.17) is 4.74 Å². The number of carbonyl (C=O) groups is 2. The van der Waals surface area contributed by atoms with Gasteiger partial charge in [-0.25, -0.2) is 13.2 Å². The highest BCUT2D eigenvalue weighted by Crippen LogP contribution is 2.41. The number of rotatable bonds is 4. The Morgan fingerprint density at radius 3 is 2.63 bits per heavy atom. The number of anilines is 1. The first-order chi connectivity index (χ1) is 12.7. The first-order valence-electron chi connectivity index (χ1n) is 8.20. The number of esters is 1. The zero-order chi connectivity index (χ0) is 19.8. The van der Waals surface area contributed by atoms with Gasteiger partial charge in [-0.15, -0.1) is 11.8 Å². The van der Waals surface area contributed by atoms with Gasteiger partial charge in [0.15, 0.2) is 9.84 Å². The third kappa shape index (κ3) is 4.01. The molecule has 1 aliphatic rings. The lowest BCUT2D eigenvalue weighted by molar-refractivity contribution is -0.118. The first kappa shape index (κ1) is 19.4. The number of fused-ring (bicyclic) bond motifs is 1. The van der Waals surface area contributed by atoms with Gasteiger partial charge in [-0.1, -0.05) is 12.1 Å². The van der Waals surface area contributed by atoms with Crippen molar-refractivity contribution in [1.82, 2.24) is 0 Å². The van der Waals surface area contributed by atoms with Crippen LogP contribution in [0.5, 0.6) is 0 Å². The molecule has 1 unspecified atom stereocenters. The molecule has 2 aromatic carbocycles. The van der Waals surface area contributed by atoms with E-state index in [0.717, 1.165) is 16.7 Å². The Bertz CT molecular complexity index is 1020. The van der Waals surface area contributed by atoms with Gasteiger partial charge in [0, 0.05) is 11.2 Å². The summed E-state index contributed by atoms with van der Waals surface area (Å²) in [6, 6.07) is 11.7. The Hall–Kier alpha value is -2.32. The molecular formula is C19H19NO5S2. The van der Waals surface area contributed by atoms with Crippen LogP contribution in [0.1, 0.15) is 22.8 Å². The number of benzene rings is 2. The molecule has 8 heteroatoms. The lowest BCUT2D eigenvalue weighted by atomic mass is 10.1. The molecule has 0 spiro atoms. The summed E-state index contributed by atoms with van der Waals surface area (Å²) in [6.07, 6.45) is 1.14. The van der Waals surface area contributed by atoms with Gasteiger partial charge < -0.3 is 9.64 Å². The lowest BCUT2D eigenvalue weighted by Crippen LogP contribution is -2.39. The van der Waals surface area contributed by atoms with Gasteiger partial charge in [0.1, 0.15) is 0 Å². The summed E-state index contributed by atoms with van der Waals surface area (Å²) in [4.78, 5) is 27.1. The number of nitrogens with zero attached hydrogens (tertiary/aromatic N) is 1. The van der Waals surface area contributed by atoms with Gasteiger partial charge in [0.25, 0.3) is 0 Å². The van der Waals surface area contributed by atoms with Crippen molar-refractivity contribution < 1.29 is 22.7 Å². The number of hydrogen-bond donors (Lipinski definition) is 0. The highest BCUT2D eigenvalue weighted by atomic mass is 32.2. The normalized spacial score (nSPS) is 16.8. The quantitative estimate of drug-likeness (QED) is 0.728. The van der Waals surface area contributed by atoms with E-state index < -0.39 is 15.8 Å². The zero-order valence-corrected chi connectivity index (χ0v) is 16.8. The molecule has 1 amide bonds. The van der Waals surface area contributed by atoms with Gasteiger partial charge in [-0.3, -0.25) is 4.79 Å². The number of methoxy groups -OCH3 is 1. The maximum absolute atomic E-state index is 12.8. The SMILES string of the molecule is COC(=O)c1cccc(CN2C(=O)C(C)Sc3ccc(S(C)(=O)=O)cc32)c1. The number of ether oxygens (including phenoxy) is 1. The molecule has 0 saturated heterocycles. The van der Waals surface area contributed by atoms with Crippen LogP contribution in [0.3, 0.4) is 0 Å². The molecule has 0 radical (unpaired) electrons. The van der Waals surface area contributed by atoms with Crippen LogP contribution >= 0.6 is 11.8 Å². The van der Waals surface area contributed by atoms with Crippen LogP contribution in [-0.4, -0.2) is 38.9 Å². The summed E-state index contributed by atoms with van der Waals surface area (Å²) in [5.74, 6) is -0.563. The van der Waals surface area contributed by atoms with E-state index >= 15 is 0 Å². The summed E-state index contributed by atoms with van der Waals surface area (Å²) in [7, 11) is -2.08. The fraction of sp³-hybridized carbons (Fsp3) is 0.263. The molecule has 3 rings (SSSR count). The number of hydrogen-bond acceptors (Lipinski definition) is 6. The fourth-order valence-corrected chi connectivity index (χ4v) is 4.56. The van der Waals surface area contributed by atoms with Crippen molar-refractivity contribution in [3.63, 3.8) is 0 Å². The average Bonchev–Trinajstić information content (AvgIpc) is 2.64. The minimum absolute atomic E-state index is 0.110. The van der Waals surface area contributed by atoms with Crippen molar-refractivity contribution in [2.45, 2.75) is 28.5 Å². The van der Waals surface area contributed by atoms with Crippen LogP contribution in [0.2, 0.25) is 0 Å². The number of sulfone groups is 1. The Labute approximate surface area is 162 Å². The minimum Gasteiger partial charge on any atom is -0.465 e. The highest BCUT2D eigenvalue weighted by molar-refractivity contribution is 8.01. The second-order valence-corrected chi connectivity index (χ2v) is 9.68. The molecule has 0 aromatic heterocycles. The molecule has 1 aliphatic heterocycles. The molecule has 142 valence electrons. The maximum atomic E-state index is 12.8. The monoisotopic (exact) mass is 405 g/mol. The molecule has 0 saturated carbocycles. The van der Waals surface area contributed by atoms with Crippen LogP contribution in [0.4, 0.5) is 5.69 Å². The van der Waals surface area contributed by atoms with Gasteiger partial charge in [-0.05, 0) is 42.8 Å². The van der Waals surface area contributed by atoms with E-state index in [-0.39, 0.29) is 22.6 Å². The van der Waals surface area contributed by atoms with Crippen molar-refractivity contribution in [2.75, 3.05) is 18.3 Å². The number of amides is 1. The van der Waals surface area contributed by atoms with Crippen molar-refractivity contribution in [1.29, 1.82) is 0 Å².